The van der Waals surface area contributed by atoms with E-state index in [0.717, 1.165) is 6.34 Å². The first-order chi connectivity index (χ1) is 3.41. The van der Waals surface area contributed by atoms with E-state index in [4.69, 9.17) is 10.5 Å². The van der Waals surface area contributed by atoms with Crippen molar-refractivity contribution in [3.8, 4) is 12.4 Å². The van der Waals surface area contributed by atoms with Gasteiger partial charge in [-0.25, -0.2) is 0 Å². The molecule has 0 spiro atoms. The average molecular weight is 94.1 g/mol. The summed E-state index contributed by atoms with van der Waals surface area (Å²) in [6.07, 6.45) is 4.02. The minimum absolute atomic E-state index is 1.01. The maximum atomic E-state index is 7.73. The number of nitriles is 2. The van der Waals surface area contributed by atoms with Crippen molar-refractivity contribution in [1.82, 2.24) is 5.32 Å². The highest BCUT2D eigenvalue weighted by molar-refractivity contribution is 5.57. The minimum Gasteiger partial charge on any atom is -0.282 e. The van der Waals surface area contributed by atoms with Crippen molar-refractivity contribution in [2.75, 3.05) is 0 Å². The average Bonchev–Trinajstić information content (AvgIpc) is 1.69. The Kier molecular flexibility index (Phi) is 3.46. The van der Waals surface area contributed by atoms with E-state index in [-0.39, 0.29) is 0 Å². The van der Waals surface area contributed by atoms with E-state index in [2.05, 4.69) is 4.99 Å². The fourth-order valence-corrected chi connectivity index (χ4v) is 0.0900. The van der Waals surface area contributed by atoms with E-state index in [1.807, 2.05) is 5.32 Å². The zero-order valence-corrected chi connectivity index (χ0v) is 3.42. The van der Waals surface area contributed by atoms with Gasteiger partial charge in [0.1, 0.15) is 6.34 Å². The maximum absolute atomic E-state index is 7.73. The van der Waals surface area contributed by atoms with Gasteiger partial charge in [-0.2, -0.15) is 15.5 Å². The molecule has 0 aliphatic rings. The van der Waals surface area contributed by atoms with Gasteiger partial charge in [-0.1, -0.05) is 0 Å². The zero-order chi connectivity index (χ0) is 5.54. The lowest BCUT2D eigenvalue weighted by Crippen LogP contribution is -1.98. The Morgan fingerprint density at radius 1 is 1.57 bits per heavy atom. The summed E-state index contributed by atoms with van der Waals surface area (Å²) in [5.74, 6) is 0. The third-order valence-corrected chi connectivity index (χ3v) is 0.251. The quantitative estimate of drug-likeness (QED) is 0.207. The molecule has 0 unspecified atom stereocenters. The van der Waals surface area contributed by atoms with E-state index in [1.54, 1.807) is 6.19 Å². The normalized spacial score (nSPS) is 7.14. The molecule has 1 N–H and O–H groups in total. The number of aliphatic imine (C=N–C) groups is 1. The van der Waals surface area contributed by atoms with E-state index in [0.29, 0.717) is 0 Å². The van der Waals surface area contributed by atoms with Crippen molar-refractivity contribution < 1.29 is 0 Å². The highest BCUT2D eigenvalue weighted by Crippen LogP contribution is 1.48. The fourth-order valence-electron chi connectivity index (χ4n) is 0.0900. The molecule has 0 aliphatic carbocycles. The highest BCUT2D eigenvalue weighted by atomic mass is 14.9. The Bertz CT molecular complexity index is 134. The van der Waals surface area contributed by atoms with Crippen molar-refractivity contribution in [3.05, 3.63) is 0 Å². The van der Waals surface area contributed by atoms with Gasteiger partial charge < -0.3 is 0 Å². The van der Waals surface area contributed by atoms with Crippen molar-refractivity contribution in [1.29, 1.82) is 10.5 Å². The van der Waals surface area contributed by atoms with Crippen LogP contribution in [-0.2, 0) is 0 Å². The van der Waals surface area contributed by atoms with Gasteiger partial charge in [0.2, 0.25) is 6.19 Å². The summed E-state index contributed by atoms with van der Waals surface area (Å²) in [7, 11) is 0. The molecule has 0 amide bonds. The lowest BCUT2D eigenvalue weighted by molar-refractivity contribution is 1.29. The van der Waals surface area contributed by atoms with Crippen molar-refractivity contribution >= 4 is 6.34 Å². The number of nitrogens with one attached hydrogen (secondary N) is 1. The third-order valence-electron chi connectivity index (χ3n) is 0.251. The van der Waals surface area contributed by atoms with Gasteiger partial charge in [0.25, 0.3) is 0 Å². The first kappa shape index (κ1) is 5.45. The molecule has 4 heteroatoms. The summed E-state index contributed by atoms with van der Waals surface area (Å²) < 4.78 is 0. The molecule has 0 aromatic heterocycles. The molecule has 0 aliphatic heterocycles. The van der Waals surface area contributed by atoms with Crippen LogP contribution in [0.25, 0.3) is 0 Å². The van der Waals surface area contributed by atoms with Crippen molar-refractivity contribution in [3.63, 3.8) is 0 Å². The minimum atomic E-state index is 1.01. The Hall–Kier alpha value is -1.55. The summed E-state index contributed by atoms with van der Waals surface area (Å²) in [5, 5.41) is 17.5. The van der Waals surface area contributed by atoms with Gasteiger partial charge in [0.05, 0.1) is 0 Å². The third kappa shape index (κ3) is 4.45. The van der Waals surface area contributed by atoms with Crippen molar-refractivity contribution in [2.24, 2.45) is 4.99 Å². The molecule has 0 atom stereocenters. The Labute approximate surface area is 40.7 Å². The summed E-state index contributed by atoms with van der Waals surface area (Å²) in [6.45, 7) is 0. The molecule has 0 aromatic rings. The van der Waals surface area contributed by atoms with Crippen LogP contribution in [0, 0.1) is 22.9 Å². The number of rotatable bonds is 1. The van der Waals surface area contributed by atoms with Crippen LogP contribution in [0.5, 0.6) is 0 Å². The predicted molar refractivity (Wildman–Crippen MR) is 22.9 cm³/mol. The summed E-state index contributed by atoms with van der Waals surface area (Å²) in [6, 6.07) is 0. The van der Waals surface area contributed by atoms with Crippen LogP contribution >= 0.6 is 0 Å². The SMILES string of the molecule is N#CN=CNC#N. The van der Waals surface area contributed by atoms with Crippen LogP contribution in [0.15, 0.2) is 4.99 Å². The summed E-state index contributed by atoms with van der Waals surface area (Å²) in [4.78, 5) is 3.01. The number of hydrogen-bond donors (Lipinski definition) is 1. The predicted octanol–water partition coefficient (Wildman–Crippen LogP) is -0.434. The van der Waals surface area contributed by atoms with Gasteiger partial charge in [-0.3, -0.25) is 5.32 Å². The second-order valence-electron chi connectivity index (χ2n) is 0.614. The number of nitrogens with zero attached hydrogens (tertiary/aromatic N) is 3. The van der Waals surface area contributed by atoms with Crippen LogP contribution in [0.1, 0.15) is 0 Å². The zero-order valence-electron chi connectivity index (χ0n) is 3.42. The second kappa shape index (κ2) is 4.45. The molecular weight excluding hydrogens is 92.1 g/mol. The number of hydrogen-bond acceptors (Lipinski definition) is 3. The van der Waals surface area contributed by atoms with Crippen molar-refractivity contribution in [2.45, 2.75) is 0 Å². The first-order valence-corrected chi connectivity index (χ1v) is 1.47. The Balaban J connectivity index is 3.19. The molecule has 0 heterocycles. The molecule has 0 radical (unpaired) electrons. The molecule has 7 heavy (non-hydrogen) atoms. The van der Waals surface area contributed by atoms with Crippen LogP contribution in [-0.4, -0.2) is 6.34 Å². The van der Waals surface area contributed by atoms with Gasteiger partial charge in [-0.05, 0) is 0 Å². The van der Waals surface area contributed by atoms with Crippen LogP contribution < -0.4 is 5.32 Å². The van der Waals surface area contributed by atoms with Gasteiger partial charge in [0.15, 0.2) is 6.19 Å². The Morgan fingerprint density at radius 2 is 2.29 bits per heavy atom. The van der Waals surface area contributed by atoms with E-state index >= 15 is 0 Å². The second-order valence-corrected chi connectivity index (χ2v) is 0.614. The van der Waals surface area contributed by atoms with Gasteiger partial charge >= 0.3 is 0 Å². The topological polar surface area (TPSA) is 72.0 Å². The van der Waals surface area contributed by atoms with E-state index < -0.39 is 0 Å². The van der Waals surface area contributed by atoms with Gasteiger partial charge in [-0.15, -0.1) is 0 Å². The molecule has 0 bridgehead atoms. The largest absolute Gasteiger partial charge is 0.282 e. The van der Waals surface area contributed by atoms with Crippen LogP contribution in [0.3, 0.4) is 0 Å². The molecular formula is C3H2N4. The molecule has 0 rings (SSSR count). The van der Waals surface area contributed by atoms with Crippen LogP contribution in [0.4, 0.5) is 0 Å². The lowest BCUT2D eigenvalue weighted by atomic mass is 11.1. The van der Waals surface area contributed by atoms with Crippen LogP contribution in [0.2, 0.25) is 0 Å². The summed E-state index contributed by atoms with van der Waals surface area (Å²) >= 11 is 0. The fraction of sp³-hybridized carbons (Fsp3) is 0. The molecule has 34 valence electrons. The molecule has 0 saturated carbocycles. The van der Waals surface area contributed by atoms with E-state index in [9.17, 15) is 0 Å². The van der Waals surface area contributed by atoms with E-state index in [1.165, 1.54) is 6.19 Å². The summed E-state index contributed by atoms with van der Waals surface area (Å²) in [5.41, 5.74) is 0. The molecule has 0 saturated heterocycles. The monoisotopic (exact) mass is 94.0 g/mol. The highest BCUT2D eigenvalue weighted by Gasteiger charge is 1.60. The van der Waals surface area contributed by atoms with Gasteiger partial charge in [0, 0.05) is 0 Å². The lowest BCUT2D eigenvalue weighted by Gasteiger charge is -1.68. The maximum Gasteiger partial charge on any atom is 0.207 e. The molecule has 0 fully saturated rings. The smallest absolute Gasteiger partial charge is 0.207 e. The molecule has 4 nitrogen and oxygen atoms in total. The standard InChI is InChI=1S/C3H2N4/c4-1-6-3-7-2-5/h3H,(H,6,7). The first-order valence-electron chi connectivity index (χ1n) is 1.47. The molecule has 0 aromatic carbocycles. The Morgan fingerprint density at radius 3 is 2.71 bits per heavy atom.